The van der Waals surface area contributed by atoms with Crippen molar-refractivity contribution >= 4 is 27.4 Å². The van der Waals surface area contributed by atoms with Crippen molar-refractivity contribution in [1.29, 1.82) is 0 Å². The van der Waals surface area contributed by atoms with E-state index in [4.69, 9.17) is 14.7 Å². The van der Waals surface area contributed by atoms with Gasteiger partial charge in [-0.2, -0.15) is 8.42 Å². The van der Waals surface area contributed by atoms with Crippen molar-refractivity contribution in [2.75, 3.05) is 6.61 Å². The van der Waals surface area contributed by atoms with Crippen molar-refractivity contribution in [2.24, 2.45) is 11.1 Å². The Bertz CT molecular complexity index is 1020. The summed E-state index contributed by atoms with van der Waals surface area (Å²) in [5.41, 5.74) is 5.87. The third kappa shape index (κ3) is 4.58. The molecule has 3 rings (SSSR count). The normalized spacial score (nSPS) is 26.1. The number of carbonyl (C=O) groups excluding carboxylic acids is 1. The third-order valence-electron chi connectivity index (χ3n) is 4.70. The Kier molecular flexibility index (Phi) is 6.08. The number of nitrogens with one attached hydrogen (secondary N) is 1. The Morgan fingerprint density at radius 3 is 2.73 bits per heavy atom. The van der Waals surface area contributed by atoms with Crippen LogP contribution in [0.5, 0.6) is 0 Å². The summed E-state index contributed by atoms with van der Waals surface area (Å²) >= 11 is 0. The van der Waals surface area contributed by atoms with Crippen molar-refractivity contribution in [3.05, 3.63) is 18.9 Å². The molecule has 0 aliphatic carbocycles. The Labute approximate surface area is 172 Å². The molecule has 13 nitrogen and oxygen atoms in total. The zero-order valence-corrected chi connectivity index (χ0v) is 17.4. The van der Waals surface area contributed by atoms with Crippen LogP contribution in [0.15, 0.2) is 18.9 Å². The number of ether oxygens (including phenoxy) is 1. The van der Waals surface area contributed by atoms with Crippen molar-refractivity contribution in [3.63, 3.8) is 0 Å². The average molecular weight is 444 g/mol. The number of aromatic nitrogens is 4. The van der Waals surface area contributed by atoms with Crippen molar-refractivity contribution in [3.8, 4) is 0 Å². The molecule has 5 N–H and O–H groups in total. The number of amides is 1. The number of carbonyl (C=O) groups is 1. The number of imidazole rings is 1. The van der Waals surface area contributed by atoms with E-state index in [0.717, 1.165) is 0 Å². The van der Waals surface area contributed by atoms with Crippen LogP contribution >= 0.6 is 0 Å². The monoisotopic (exact) mass is 444 g/mol. The van der Waals surface area contributed by atoms with Crippen molar-refractivity contribution < 1.29 is 32.3 Å². The van der Waals surface area contributed by atoms with Gasteiger partial charge in [0.1, 0.15) is 30.2 Å². The van der Waals surface area contributed by atoms with Crippen LogP contribution in [0.25, 0.3) is 11.2 Å². The lowest BCUT2D eigenvalue weighted by Gasteiger charge is -2.25. The number of nitrogens with two attached hydrogens (primary N) is 1. The molecule has 3 heterocycles. The first-order valence-electron chi connectivity index (χ1n) is 9.01. The fourth-order valence-corrected chi connectivity index (χ4v) is 3.59. The summed E-state index contributed by atoms with van der Waals surface area (Å²) in [6, 6.07) is -1.09. The molecule has 30 heavy (non-hydrogen) atoms. The lowest BCUT2D eigenvalue weighted by molar-refractivity contribution is -0.122. The molecule has 14 heteroatoms. The molecule has 0 spiro atoms. The summed E-state index contributed by atoms with van der Waals surface area (Å²) in [5, 5.41) is 20.6. The van der Waals surface area contributed by atoms with E-state index in [0.29, 0.717) is 11.2 Å². The minimum atomic E-state index is -4.51. The smallest absolute Gasteiger partial charge is 0.362 e. The van der Waals surface area contributed by atoms with Crippen LogP contribution in [0, 0.1) is 5.41 Å². The molecule has 1 amide bonds. The Morgan fingerprint density at radius 2 is 2.07 bits per heavy atom. The van der Waals surface area contributed by atoms with Crippen LogP contribution < -0.4 is 10.5 Å². The molecule has 0 unspecified atom stereocenters. The van der Waals surface area contributed by atoms with E-state index in [1.807, 2.05) is 0 Å². The van der Waals surface area contributed by atoms with Gasteiger partial charge in [0.05, 0.1) is 25.2 Å². The first kappa shape index (κ1) is 22.5. The van der Waals surface area contributed by atoms with Gasteiger partial charge in [-0.25, -0.2) is 19.7 Å². The van der Waals surface area contributed by atoms with Crippen LogP contribution in [0.4, 0.5) is 0 Å². The standard InChI is InChI=1S/C16H24N6O7S/c1-16(2,3)12(17)14(25)21-30(26,27)28-5-9-10(23)11(24)15(29-9)22-7-20-13-8(22)4-18-6-19-13/h4,6-7,9-12,15,23-24H,5,17H2,1-3H3,(H,21,25)/t9-,10-,11-,12+,15-/m1/s1. The molecule has 5 atom stereocenters. The molecule has 0 saturated carbocycles. The summed E-state index contributed by atoms with van der Waals surface area (Å²) in [6.07, 6.45) is -1.01. The van der Waals surface area contributed by atoms with Crippen molar-refractivity contribution in [1.82, 2.24) is 24.2 Å². The number of aliphatic hydroxyl groups excluding tert-OH is 2. The number of fused-ring (bicyclic) bond motifs is 1. The minimum absolute atomic E-state index is 0.357. The molecule has 2 aromatic rings. The number of hydrogen-bond acceptors (Lipinski definition) is 11. The molecule has 0 bridgehead atoms. The molecule has 2 aromatic heterocycles. The number of hydrogen-bond donors (Lipinski definition) is 4. The van der Waals surface area contributed by atoms with Gasteiger partial charge in [0.25, 0.3) is 5.91 Å². The molecule has 1 aliphatic heterocycles. The minimum Gasteiger partial charge on any atom is -0.387 e. The molecule has 1 aliphatic rings. The predicted molar refractivity (Wildman–Crippen MR) is 102 cm³/mol. The van der Waals surface area contributed by atoms with Gasteiger partial charge >= 0.3 is 10.3 Å². The molecule has 1 fully saturated rings. The van der Waals surface area contributed by atoms with E-state index in [1.54, 1.807) is 25.5 Å². The highest BCUT2D eigenvalue weighted by Gasteiger charge is 2.45. The van der Waals surface area contributed by atoms with Gasteiger partial charge in [0, 0.05) is 0 Å². The van der Waals surface area contributed by atoms with Gasteiger partial charge in [-0.05, 0) is 5.41 Å². The maximum Gasteiger partial charge on any atom is 0.362 e. The highest BCUT2D eigenvalue weighted by atomic mass is 32.2. The van der Waals surface area contributed by atoms with Gasteiger partial charge in [-0.3, -0.25) is 13.5 Å². The zero-order chi connectivity index (χ0) is 22.3. The lowest BCUT2D eigenvalue weighted by atomic mass is 9.87. The van der Waals surface area contributed by atoms with Crippen LogP contribution in [0.1, 0.15) is 27.0 Å². The maximum absolute atomic E-state index is 12.1. The van der Waals surface area contributed by atoms with E-state index in [9.17, 15) is 23.4 Å². The molecule has 166 valence electrons. The summed E-state index contributed by atoms with van der Waals surface area (Å²) in [7, 11) is -4.51. The van der Waals surface area contributed by atoms with Crippen LogP contribution in [0.3, 0.4) is 0 Å². The second-order valence-corrected chi connectivity index (χ2v) is 9.33. The second-order valence-electron chi connectivity index (χ2n) is 7.98. The van der Waals surface area contributed by atoms with Gasteiger partial charge in [0.15, 0.2) is 11.9 Å². The van der Waals surface area contributed by atoms with Gasteiger partial charge in [-0.15, -0.1) is 0 Å². The number of aliphatic hydroxyl groups is 2. The van der Waals surface area contributed by atoms with E-state index in [1.165, 1.54) is 23.4 Å². The van der Waals surface area contributed by atoms with Crippen LogP contribution in [0.2, 0.25) is 0 Å². The maximum atomic E-state index is 12.1. The summed E-state index contributed by atoms with van der Waals surface area (Å²) in [5.74, 6) is -0.932. The molecule has 0 radical (unpaired) electrons. The van der Waals surface area contributed by atoms with E-state index >= 15 is 0 Å². The van der Waals surface area contributed by atoms with E-state index in [2.05, 4.69) is 15.0 Å². The average Bonchev–Trinajstić information content (AvgIpc) is 3.20. The fourth-order valence-electron chi connectivity index (χ4n) is 2.84. The third-order valence-corrected chi connectivity index (χ3v) is 5.59. The molecular formula is C16H24N6O7S. The lowest BCUT2D eigenvalue weighted by Crippen LogP contribution is -2.50. The topological polar surface area (TPSA) is 192 Å². The molecule has 1 saturated heterocycles. The fraction of sp³-hybridized carbons (Fsp3) is 0.625. The van der Waals surface area contributed by atoms with Crippen LogP contribution in [-0.4, -0.2) is 75.0 Å². The Balaban J connectivity index is 1.65. The highest BCUT2D eigenvalue weighted by Crippen LogP contribution is 2.31. The summed E-state index contributed by atoms with van der Waals surface area (Å²) in [4.78, 5) is 23.9. The van der Waals surface area contributed by atoms with Crippen LogP contribution in [-0.2, 0) is 24.0 Å². The van der Waals surface area contributed by atoms with Crippen molar-refractivity contribution in [2.45, 2.75) is 51.4 Å². The van der Waals surface area contributed by atoms with E-state index < -0.39 is 58.8 Å². The van der Waals surface area contributed by atoms with Gasteiger partial charge in [-0.1, -0.05) is 20.8 Å². The summed E-state index contributed by atoms with van der Waals surface area (Å²) in [6.45, 7) is 4.39. The Morgan fingerprint density at radius 1 is 1.37 bits per heavy atom. The SMILES string of the molecule is CC(C)(C)[C@@H](N)C(=O)NS(=O)(=O)OC[C@H]1O[C@@H](n2cnc3ncncc32)[C@H](O)[C@@H]1O. The molecule has 0 aromatic carbocycles. The first-order chi connectivity index (χ1) is 13.9. The predicted octanol–water partition coefficient (Wildman–Crippen LogP) is -1.80. The largest absolute Gasteiger partial charge is 0.387 e. The van der Waals surface area contributed by atoms with Gasteiger partial charge in [0.2, 0.25) is 0 Å². The van der Waals surface area contributed by atoms with E-state index in [-0.39, 0.29) is 0 Å². The molecular weight excluding hydrogens is 420 g/mol. The van der Waals surface area contributed by atoms with Gasteiger partial charge < -0.3 is 20.7 Å². The summed E-state index contributed by atoms with van der Waals surface area (Å²) < 4.78 is 37.6. The quantitative estimate of drug-likeness (QED) is 0.393. The first-order valence-corrected chi connectivity index (χ1v) is 10.4. The highest BCUT2D eigenvalue weighted by molar-refractivity contribution is 7.85. The number of nitrogens with zero attached hydrogens (tertiary/aromatic N) is 4. The second kappa shape index (κ2) is 8.13. The Hall–Kier alpha value is -2.23. The zero-order valence-electron chi connectivity index (χ0n) is 16.5. The number of rotatable bonds is 6.